The standard InChI is InChI=1S/C10H14ClN7O/c1-6-8(11)9(18(2)15-6)10(19)12-5-3-4-7-13-16-17-14-7/h3-5H2,1-2H3,(H,12,19)(H,13,14,16,17). The number of rotatable bonds is 5. The fourth-order valence-electron chi connectivity index (χ4n) is 1.70. The molecular formula is C10H14ClN7O. The molecule has 1 amide bonds. The summed E-state index contributed by atoms with van der Waals surface area (Å²) >= 11 is 6.03. The van der Waals surface area contributed by atoms with Gasteiger partial charge in [-0.05, 0) is 13.3 Å². The Labute approximate surface area is 114 Å². The lowest BCUT2D eigenvalue weighted by Crippen LogP contribution is -2.27. The minimum atomic E-state index is -0.235. The largest absolute Gasteiger partial charge is 0.351 e. The van der Waals surface area contributed by atoms with E-state index in [-0.39, 0.29) is 5.91 Å². The minimum Gasteiger partial charge on any atom is -0.351 e. The summed E-state index contributed by atoms with van der Waals surface area (Å²) in [7, 11) is 1.69. The molecule has 9 heteroatoms. The van der Waals surface area contributed by atoms with Crippen molar-refractivity contribution in [3.05, 3.63) is 22.2 Å². The highest BCUT2D eigenvalue weighted by Gasteiger charge is 2.17. The molecule has 0 spiro atoms. The van der Waals surface area contributed by atoms with Crippen LogP contribution in [0.1, 0.15) is 28.4 Å². The van der Waals surface area contributed by atoms with Crippen LogP contribution >= 0.6 is 11.6 Å². The number of amides is 1. The summed E-state index contributed by atoms with van der Waals surface area (Å²) in [5, 5.41) is 20.8. The van der Waals surface area contributed by atoms with E-state index in [2.05, 4.69) is 31.0 Å². The van der Waals surface area contributed by atoms with Crippen LogP contribution in [0, 0.1) is 6.92 Å². The Morgan fingerprint density at radius 3 is 2.89 bits per heavy atom. The van der Waals surface area contributed by atoms with Gasteiger partial charge >= 0.3 is 0 Å². The van der Waals surface area contributed by atoms with Crippen molar-refractivity contribution in [2.45, 2.75) is 19.8 Å². The van der Waals surface area contributed by atoms with Gasteiger partial charge in [0.1, 0.15) is 5.69 Å². The number of aromatic nitrogens is 6. The molecule has 0 atom stereocenters. The smallest absolute Gasteiger partial charge is 0.271 e. The van der Waals surface area contributed by atoms with Gasteiger partial charge in [0, 0.05) is 20.0 Å². The number of aromatic amines is 1. The Balaban J connectivity index is 1.84. The molecule has 2 heterocycles. The molecule has 2 aromatic rings. The lowest BCUT2D eigenvalue weighted by molar-refractivity contribution is 0.0944. The van der Waals surface area contributed by atoms with Gasteiger partial charge in [-0.15, -0.1) is 10.2 Å². The summed E-state index contributed by atoms with van der Waals surface area (Å²) in [6, 6.07) is 0. The van der Waals surface area contributed by atoms with E-state index in [1.807, 2.05) is 0 Å². The van der Waals surface area contributed by atoms with Gasteiger partial charge in [0.15, 0.2) is 5.82 Å². The van der Waals surface area contributed by atoms with Crippen molar-refractivity contribution in [2.24, 2.45) is 7.05 Å². The number of nitrogens with one attached hydrogen (secondary N) is 2. The fourth-order valence-corrected chi connectivity index (χ4v) is 1.95. The third kappa shape index (κ3) is 3.08. The van der Waals surface area contributed by atoms with Crippen LogP contribution in [0.3, 0.4) is 0 Å². The maximum absolute atomic E-state index is 12.0. The monoisotopic (exact) mass is 283 g/mol. The third-order valence-electron chi connectivity index (χ3n) is 2.62. The van der Waals surface area contributed by atoms with E-state index in [0.29, 0.717) is 35.2 Å². The first-order valence-corrected chi connectivity index (χ1v) is 6.17. The number of halogens is 1. The highest BCUT2D eigenvalue weighted by Crippen LogP contribution is 2.18. The molecule has 0 fully saturated rings. The predicted molar refractivity (Wildman–Crippen MR) is 67.8 cm³/mol. The molecule has 19 heavy (non-hydrogen) atoms. The van der Waals surface area contributed by atoms with Crippen LogP contribution in [0.2, 0.25) is 5.02 Å². The zero-order valence-corrected chi connectivity index (χ0v) is 11.4. The third-order valence-corrected chi connectivity index (χ3v) is 3.07. The first-order valence-electron chi connectivity index (χ1n) is 5.79. The molecule has 0 unspecified atom stereocenters. The molecule has 0 aliphatic rings. The van der Waals surface area contributed by atoms with Gasteiger partial charge < -0.3 is 5.32 Å². The van der Waals surface area contributed by atoms with Crippen LogP contribution in [-0.2, 0) is 13.5 Å². The number of tetrazole rings is 1. The number of hydrogen-bond acceptors (Lipinski definition) is 5. The molecule has 2 aromatic heterocycles. The maximum Gasteiger partial charge on any atom is 0.271 e. The molecule has 0 saturated carbocycles. The average molecular weight is 284 g/mol. The van der Waals surface area contributed by atoms with Crippen molar-refractivity contribution in [3.63, 3.8) is 0 Å². The molecule has 0 radical (unpaired) electrons. The second-order valence-electron chi connectivity index (χ2n) is 4.06. The van der Waals surface area contributed by atoms with Gasteiger partial charge in [0.25, 0.3) is 5.91 Å². The van der Waals surface area contributed by atoms with Gasteiger partial charge in [0.05, 0.1) is 10.7 Å². The molecule has 0 aliphatic heterocycles. The quantitative estimate of drug-likeness (QED) is 0.766. The van der Waals surface area contributed by atoms with Crippen LogP contribution in [0.15, 0.2) is 0 Å². The van der Waals surface area contributed by atoms with Crippen molar-refractivity contribution in [1.82, 2.24) is 35.7 Å². The second-order valence-corrected chi connectivity index (χ2v) is 4.44. The Kier molecular flexibility index (Phi) is 4.10. The van der Waals surface area contributed by atoms with Crippen LogP contribution in [0.25, 0.3) is 0 Å². The van der Waals surface area contributed by atoms with Gasteiger partial charge in [0.2, 0.25) is 0 Å². The number of carbonyl (C=O) groups is 1. The number of carbonyl (C=O) groups excluding carboxylic acids is 1. The Morgan fingerprint density at radius 1 is 1.53 bits per heavy atom. The van der Waals surface area contributed by atoms with Crippen molar-refractivity contribution < 1.29 is 4.79 Å². The lowest BCUT2D eigenvalue weighted by Gasteiger charge is -2.04. The first-order chi connectivity index (χ1) is 9.09. The van der Waals surface area contributed by atoms with Gasteiger partial charge in [-0.25, -0.2) is 0 Å². The van der Waals surface area contributed by atoms with Crippen molar-refractivity contribution >= 4 is 17.5 Å². The second kappa shape index (κ2) is 5.79. The normalized spacial score (nSPS) is 10.7. The van der Waals surface area contributed by atoms with Crippen molar-refractivity contribution in [3.8, 4) is 0 Å². The molecular weight excluding hydrogens is 270 g/mol. The fraction of sp³-hybridized carbons (Fsp3) is 0.500. The minimum absolute atomic E-state index is 0.235. The topological polar surface area (TPSA) is 101 Å². The number of hydrogen-bond donors (Lipinski definition) is 2. The lowest BCUT2D eigenvalue weighted by atomic mass is 10.3. The SMILES string of the molecule is Cc1nn(C)c(C(=O)NCCCc2nn[nH]n2)c1Cl. The highest BCUT2D eigenvalue weighted by molar-refractivity contribution is 6.34. The van der Waals surface area contributed by atoms with Crippen LogP contribution < -0.4 is 5.32 Å². The summed E-state index contributed by atoms with van der Waals surface area (Å²) in [5.74, 6) is 0.393. The number of H-pyrrole nitrogens is 1. The highest BCUT2D eigenvalue weighted by atomic mass is 35.5. The molecule has 0 aliphatic carbocycles. The molecule has 0 aromatic carbocycles. The van der Waals surface area contributed by atoms with E-state index < -0.39 is 0 Å². The number of aryl methyl sites for hydroxylation is 3. The summed E-state index contributed by atoms with van der Waals surface area (Å²) in [6.07, 6.45) is 1.37. The molecule has 8 nitrogen and oxygen atoms in total. The van der Waals surface area contributed by atoms with E-state index in [4.69, 9.17) is 11.6 Å². The maximum atomic E-state index is 12.0. The Morgan fingerprint density at radius 2 is 2.32 bits per heavy atom. The summed E-state index contributed by atoms with van der Waals surface area (Å²) < 4.78 is 1.48. The molecule has 0 saturated heterocycles. The van der Waals surface area contributed by atoms with E-state index in [9.17, 15) is 4.79 Å². The van der Waals surface area contributed by atoms with E-state index in [1.165, 1.54) is 4.68 Å². The van der Waals surface area contributed by atoms with Crippen LogP contribution in [0.5, 0.6) is 0 Å². The number of nitrogens with zero attached hydrogens (tertiary/aromatic N) is 5. The van der Waals surface area contributed by atoms with E-state index >= 15 is 0 Å². The van der Waals surface area contributed by atoms with Gasteiger partial charge in [-0.1, -0.05) is 16.8 Å². The Hall–Kier alpha value is -1.96. The van der Waals surface area contributed by atoms with Crippen molar-refractivity contribution in [2.75, 3.05) is 6.54 Å². The first kappa shape index (κ1) is 13.5. The summed E-state index contributed by atoms with van der Waals surface area (Å²) in [6.45, 7) is 2.27. The van der Waals surface area contributed by atoms with Crippen LogP contribution in [0.4, 0.5) is 0 Å². The predicted octanol–water partition coefficient (Wildman–Crippen LogP) is 0.258. The van der Waals surface area contributed by atoms with E-state index in [0.717, 1.165) is 6.42 Å². The van der Waals surface area contributed by atoms with Crippen molar-refractivity contribution in [1.29, 1.82) is 0 Å². The zero-order valence-electron chi connectivity index (χ0n) is 10.6. The Bertz CT molecular complexity index is 563. The molecule has 2 rings (SSSR count). The van der Waals surface area contributed by atoms with E-state index in [1.54, 1.807) is 14.0 Å². The van der Waals surface area contributed by atoms with Gasteiger partial charge in [-0.3, -0.25) is 9.48 Å². The zero-order chi connectivity index (χ0) is 13.8. The molecule has 0 bridgehead atoms. The average Bonchev–Trinajstić information content (AvgIpc) is 2.95. The van der Waals surface area contributed by atoms with Gasteiger partial charge in [-0.2, -0.15) is 10.3 Å². The summed E-state index contributed by atoms with van der Waals surface area (Å²) in [5.41, 5.74) is 1.01. The molecule has 2 N–H and O–H groups in total. The summed E-state index contributed by atoms with van der Waals surface area (Å²) in [4.78, 5) is 12.0. The molecule has 102 valence electrons. The van der Waals surface area contributed by atoms with Crippen LogP contribution in [-0.4, -0.2) is 42.9 Å².